The average Bonchev–Trinajstić information content (AvgIpc) is 3.00. The first-order valence-corrected chi connectivity index (χ1v) is 8.67. The van der Waals surface area contributed by atoms with Crippen LogP contribution in [0, 0.1) is 5.92 Å². The molecule has 7 heteroatoms. The zero-order valence-corrected chi connectivity index (χ0v) is 15.4. The fourth-order valence-electron chi connectivity index (χ4n) is 3.69. The number of rotatable bonds is 3. The van der Waals surface area contributed by atoms with Gasteiger partial charge in [0, 0.05) is 25.7 Å². The van der Waals surface area contributed by atoms with Crippen molar-refractivity contribution in [1.29, 1.82) is 0 Å². The third kappa shape index (κ3) is 4.44. The number of urea groups is 1. The van der Waals surface area contributed by atoms with Crippen LogP contribution in [0.25, 0.3) is 0 Å². The van der Waals surface area contributed by atoms with Crippen molar-refractivity contribution in [3.8, 4) is 0 Å². The molecule has 0 spiro atoms. The van der Waals surface area contributed by atoms with Gasteiger partial charge in [-0.3, -0.25) is 4.79 Å². The molecule has 1 aromatic rings. The Morgan fingerprint density at radius 3 is 2.68 bits per heavy atom. The van der Waals surface area contributed by atoms with Gasteiger partial charge in [-0.05, 0) is 43.4 Å². The zero-order valence-electron chi connectivity index (χ0n) is 14.6. The number of nitrogens with one attached hydrogen (secondary N) is 1. The number of carbonyl (C=O) groups excluding carboxylic acids is 2. The minimum atomic E-state index is -0.167. The number of carbonyl (C=O) groups is 2. The van der Waals surface area contributed by atoms with Crippen LogP contribution in [-0.2, 0) is 17.8 Å². The second kappa shape index (κ2) is 8.54. The van der Waals surface area contributed by atoms with Crippen molar-refractivity contribution in [2.24, 2.45) is 11.7 Å². The third-order valence-electron chi connectivity index (χ3n) is 5.12. The molecule has 3 amide bonds. The molecule has 0 aromatic heterocycles. The number of fused-ring (bicyclic) bond motifs is 1. The van der Waals surface area contributed by atoms with Crippen molar-refractivity contribution in [2.75, 3.05) is 26.2 Å². The van der Waals surface area contributed by atoms with Gasteiger partial charge in [-0.1, -0.05) is 24.3 Å². The summed E-state index contributed by atoms with van der Waals surface area (Å²) in [6.07, 6.45) is 1.80. The minimum Gasteiger partial charge on any atom is -0.338 e. The molecule has 1 fully saturated rings. The van der Waals surface area contributed by atoms with Gasteiger partial charge in [0.05, 0.1) is 6.54 Å². The summed E-state index contributed by atoms with van der Waals surface area (Å²) in [6.45, 7) is 4.69. The average molecular weight is 367 g/mol. The highest BCUT2D eigenvalue weighted by Crippen LogP contribution is 2.22. The first-order valence-electron chi connectivity index (χ1n) is 8.67. The number of likely N-dealkylation sites (tertiary alicyclic amines) is 1. The smallest absolute Gasteiger partial charge is 0.318 e. The van der Waals surface area contributed by atoms with E-state index in [1.807, 2.05) is 24.0 Å². The summed E-state index contributed by atoms with van der Waals surface area (Å²) in [7, 11) is 0. The van der Waals surface area contributed by atoms with E-state index in [1.54, 1.807) is 4.90 Å². The molecule has 2 heterocycles. The molecule has 3 rings (SSSR count). The highest BCUT2D eigenvalue weighted by atomic mass is 35.5. The van der Waals surface area contributed by atoms with Crippen LogP contribution < -0.4 is 11.1 Å². The summed E-state index contributed by atoms with van der Waals surface area (Å²) in [5.74, 6) is 0.349. The van der Waals surface area contributed by atoms with Gasteiger partial charge in [0.2, 0.25) is 5.91 Å². The zero-order chi connectivity index (χ0) is 17.1. The highest BCUT2D eigenvalue weighted by Gasteiger charge is 2.31. The predicted octanol–water partition coefficient (Wildman–Crippen LogP) is 1.37. The summed E-state index contributed by atoms with van der Waals surface area (Å²) >= 11 is 0. The Morgan fingerprint density at radius 2 is 2.00 bits per heavy atom. The molecule has 6 nitrogen and oxygen atoms in total. The Morgan fingerprint density at radius 1 is 1.28 bits per heavy atom. The number of hydrogen-bond acceptors (Lipinski definition) is 3. The maximum atomic E-state index is 12.4. The van der Waals surface area contributed by atoms with E-state index in [9.17, 15) is 9.59 Å². The van der Waals surface area contributed by atoms with E-state index < -0.39 is 0 Å². The van der Waals surface area contributed by atoms with Gasteiger partial charge >= 0.3 is 6.03 Å². The molecule has 0 radical (unpaired) electrons. The van der Waals surface area contributed by atoms with Gasteiger partial charge in [-0.25, -0.2) is 4.79 Å². The molecule has 0 bridgehead atoms. The lowest BCUT2D eigenvalue weighted by atomic mass is 10.0. The van der Waals surface area contributed by atoms with E-state index in [-0.39, 0.29) is 36.9 Å². The van der Waals surface area contributed by atoms with E-state index in [0.717, 1.165) is 12.8 Å². The Balaban J connectivity index is 0.00000225. The van der Waals surface area contributed by atoms with Crippen LogP contribution in [0.2, 0.25) is 0 Å². The van der Waals surface area contributed by atoms with E-state index in [2.05, 4.69) is 17.4 Å². The molecule has 0 aliphatic carbocycles. The number of halogens is 1. The second-order valence-electron chi connectivity index (χ2n) is 6.83. The molecule has 25 heavy (non-hydrogen) atoms. The molecule has 2 unspecified atom stereocenters. The summed E-state index contributed by atoms with van der Waals surface area (Å²) in [6, 6.07) is 8.21. The normalized spacial score (nSPS) is 22.2. The maximum absolute atomic E-state index is 12.4. The van der Waals surface area contributed by atoms with Crippen molar-refractivity contribution < 1.29 is 9.59 Å². The number of nitrogens with two attached hydrogens (primary N) is 1. The fourth-order valence-corrected chi connectivity index (χ4v) is 3.69. The van der Waals surface area contributed by atoms with Crippen LogP contribution >= 0.6 is 12.4 Å². The standard InChI is InChI=1S/C18H26N4O2.ClH/c1-13-8-14(9-19)11-22(13)17(23)10-20-18(24)21-7-6-15-4-2-3-5-16(15)12-21;/h2-5,13-14H,6-12,19H2,1H3,(H,20,24);1H. The largest absolute Gasteiger partial charge is 0.338 e. The van der Waals surface area contributed by atoms with Gasteiger partial charge in [-0.2, -0.15) is 0 Å². The van der Waals surface area contributed by atoms with E-state index in [4.69, 9.17) is 5.73 Å². The SMILES string of the molecule is CC1CC(CN)CN1C(=O)CNC(=O)N1CCc2ccccc2C1.Cl. The van der Waals surface area contributed by atoms with Crippen LogP contribution in [0.1, 0.15) is 24.5 Å². The molecule has 3 N–H and O–H groups in total. The van der Waals surface area contributed by atoms with Crippen molar-refractivity contribution in [3.05, 3.63) is 35.4 Å². The van der Waals surface area contributed by atoms with Crippen molar-refractivity contribution in [2.45, 2.75) is 32.4 Å². The fraction of sp³-hybridized carbons (Fsp3) is 0.556. The Labute approximate surface area is 155 Å². The van der Waals surface area contributed by atoms with Gasteiger partial charge < -0.3 is 20.9 Å². The molecule has 2 atom stereocenters. The lowest BCUT2D eigenvalue weighted by molar-refractivity contribution is -0.130. The Bertz CT molecular complexity index is 625. The van der Waals surface area contributed by atoms with Crippen molar-refractivity contribution in [1.82, 2.24) is 15.1 Å². The van der Waals surface area contributed by atoms with Gasteiger partial charge in [-0.15, -0.1) is 12.4 Å². The van der Waals surface area contributed by atoms with Gasteiger partial charge in [0.25, 0.3) is 0 Å². The summed E-state index contributed by atoms with van der Waals surface area (Å²) in [4.78, 5) is 28.3. The van der Waals surface area contributed by atoms with Crippen LogP contribution in [0.3, 0.4) is 0 Å². The van der Waals surface area contributed by atoms with E-state index in [0.29, 0.717) is 32.1 Å². The predicted molar refractivity (Wildman–Crippen MR) is 99.5 cm³/mol. The quantitative estimate of drug-likeness (QED) is 0.848. The van der Waals surface area contributed by atoms with Crippen molar-refractivity contribution >= 4 is 24.3 Å². The molecule has 0 saturated carbocycles. The molecule has 2 aliphatic heterocycles. The highest BCUT2D eigenvalue weighted by molar-refractivity contribution is 5.85. The summed E-state index contributed by atoms with van der Waals surface area (Å²) in [5, 5.41) is 2.78. The Kier molecular flexibility index (Phi) is 6.67. The Hall–Kier alpha value is -1.79. The molecular weight excluding hydrogens is 340 g/mol. The first kappa shape index (κ1) is 19.5. The molecule has 2 aliphatic rings. The topological polar surface area (TPSA) is 78.7 Å². The van der Waals surface area contributed by atoms with Crippen LogP contribution in [0.5, 0.6) is 0 Å². The number of benzene rings is 1. The van der Waals surface area contributed by atoms with Crippen molar-refractivity contribution in [3.63, 3.8) is 0 Å². The molecule has 1 saturated heterocycles. The van der Waals surface area contributed by atoms with Crippen LogP contribution in [0.4, 0.5) is 4.79 Å². The maximum Gasteiger partial charge on any atom is 0.318 e. The molecule has 1 aromatic carbocycles. The summed E-state index contributed by atoms with van der Waals surface area (Å²) in [5.41, 5.74) is 8.19. The molecule has 138 valence electrons. The lowest BCUT2D eigenvalue weighted by Crippen LogP contribution is -2.47. The lowest BCUT2D eigenvalue weighted by Gasteiger charge is -2.29. The summed E-state index contributed by atoms with van der Waals surface area (Å²) < 4.78 is 0. The van der Waals surface area contributed by atoms with Gasteiger partial charge in [0.15, 0.2) is 0 Å². The number of nitrogens with zero attached hydrogens (tertiary/aromatic N) is 2. The number of hydrogen-bond donors (Lipinski definition) is 2. The van der Waals surface area contributed by atoms with Gasteiger partial charge in [0.1, 0.15) is 0 Å². The van der Waals surface area contributed by atoms with Crippen LogP contribution in [-0.4, -0.2) is 54.0 Å². The minimum absolute atomic E-state index is 0. The monoisotopic (exact) mass is 366 g/mol. The van der Waals surface area contributed by atoms with Crippen LogP contribution in [0.15, 0.2) is 24.3 Å². The number of amides is 3. The third-order valence-corrected chi connectivity index (χ3v) is 5.12. The van der Waals surface area contributed by atoms with E-state index in [1.165, 1.54) is 11.1 Å². The molecular formula is C18H27ClN4O2. The second-order valence-corrected chi connectivity index (χ2v) is 6.83. The van der Waals surface area contributed by atoms with E-state index >= 15 is 0 Å². The first-order chi connectivity index (χ1) is 11.6.